The lowest BCUT2D eigenvalue weighted by Crippen LogP contribution is -2.11. The lowest BCUT2D eigenvalue weighted by atomic mass is 10.2. The van der Waals surface area contributed by atoms with Gasteiger partial charge < -0.3 is 10.1 Å². The van der Waals surface area contributed by atoms with E-state index >= 15 is 0 Å². The van der Waals surface area contributed by atoms with Crippen LogP contribution in [0.2, 0.25) is 0 Å². The Morgan fingerprint density at radius 1 is 1.50 bits per heavy atom. The lowest BCUT2D eigenvalue weighted by Gasteiger charge is -2.04. The fourth-order valence-electron chi connectivity index (χ4n) is 1.54. The number of aliphatic carboxylic acids is 1. The highest BCUT2D eigenvalue weighted by Gasteiger charge is 2.12. The topological polar surface area (TPSA) is 53.1 Å². The van der Waals surface area contributed by atoms with Gasteiger partial charge in [-0.3, -0.25) is 4.79 Å². The van der Waals surface area contributed by atoms with Gasteiger partial charge in [0.25, 0.3) is 0 Å². The maximum atomic E-state index is 10.7. The first-order valence-electron chi connectivity index (χ1n) is 5.08. The van der Waals surface area contributed by atoms with Gasteiger partial charge in [0, 0.05) is 22.9 Å². The molecule has 1 unspecified atom stereocenters. The van der Waals surface area contributed by atoms with Crippen molar-refractivity contribution in [2.75, 3.05) is 0 Å². The molecule has 0 aliphatic carbocycles. The van der Waals surface area contributed by atoms with E-state index in [1.165, 1.54) is 17.1 Å². The summed E-state index contributed by atoms with van der Waals surface area (Å²) < 4.78 is 0. The number of H-pyrrole nitrogens is 1. The minimum Gasteiger partial charge on any atom is -0.480 e. The summed E-state index contributed by atoms with van der Waals surface area (Å²) in [5.41, 5.74) is 2.26. The zero-order valence-corrected chi connectivity index (χ0v) is 9.75. The van der Waals surface area contributed by atoms with Gasteiger partial charge in [0.2, 0.25) is 0 Å². The summed E-state index contributed by atoms with van der Waals surface area (Å²) in [5.74, 6) is -0.0397. The van der Waals surface area contributed by atoms with Gasteiger partial charge in [-0.05, 0) is 18.6 Å². The third-order valence-electron chi connectivity index (χ3n) is 2.51. The Morgan fingerprint density at radius 3 is 3.00 bits per heavy atom. The van der Waals surface area contributed by atoms with E-state index in [9.17, 15) is 4.79 Å². The van der Waals surface area contributed by atoms with E-state index in [1.807, 2.05) is 30.5 Å². The molecule has 84 valence electrons. The molecule has 0 aliphatic rings. The van der Waals surface area contributed by atoms with Gasteiger partial charge in [0.1, 0.15) is 0 Å². The van der Waals surface area contributed by atoms with E-state index < -0.39 is 5.97 Å². The highest BCUT2D eigenvalue weighted by Crippen LogP contribution is 2.24. The number of fused-ring (bicyclic) bond motifs is 1. The predicted molar refractivity (Wildman–Crippen MR) is 66.7 cm³/mol. The quantitative estimate of drug-likeness (QED) is 0.856. The fraction of sp³-hybridized carbons (Fsp3) is 0.250. The van der Waals surface area contributed by atoms with Crippen molar-refractivity contribution in [2.24, 2.45) is 0 Å². The molecule has 3 nitrogen and oxygen atoms in total. The van der Waals surface area contributed by atoms with Crippen LogP contribution < -0.4 is 0 Å². The maximum absolute atomic E-state index is 10.7. The predicted octanol–water partition coefficient (Wildman–Crippen LogP) is 2.87. The highest BCUT2D eigenvalue weighted by molar-refractivity contribution is 7.99. The Morgan fingerprint density at radius 2 is 2.25 bits per heavy atom. The van der Waals surface area contributed by atoms with Crippen LogP contribution in [-0.2, 0) is 10.5 Å². The molecule has 1 aromatic carbocycles. The number of benzene rings is 1. The zero-order valence-electron chi connectivity index (χ0n) is 8.93. The molecule has 2 rings (SSSR count). The fourth-order valence-corrected chi connectivity index (χ4v) is 2.35. The monoisotopic (exact) mass is 235 g/mol. The number of hydrogen-bond acceptors (Lipinski definition) is 2. The normalized spacial score (nSPS) is 12.8. The SMILES string of the molecule is CC(SCc1c[nH]c2ccccc12)C(=O)O. The highest BCUT2D eigenvalue weighted by atomic mass is 32.2. The standard InChI is InChI=1S/C12H13NO2S/c1-8(12(14)15)16-7-9-6-13-11-5-3-2-4-10(9)11/h2-6,8,13H,7H2,1H3,(H,14,15). The molecule has 0 saturated heterocycles. The molecule has 16 heavy (non-hydrogen) atoms. The molecule has 0 bridgehead atoms. The third kappa shape index (κ3) is 2.22. The Labute approximate surface area is 97.9 Å². The summed E-state index contributed by atoms with van der Waals surface area (Å²) >= 11 is 1.44. The van der Waals surface area contributed by atoms with E-state index in [0.717, 1.165) is 16.8 Å². The summed E-state index contributed by atoms with van der Waals surface area (Å²) in [7, 11) is 0. The van der Waals surface area contributed by atoms with E-state index in [-0.39, 0.29) is 5.25 Å². The summed E-state index contributed by atoms with van der Waals surface area (Å²) in [5, 5.41) is 9.60. The third-order valence-corrected chi connectivity index (χ3v) is 3.69. The number of para-hydroxylation sites is 1. The van der Waals surface area contributed by atoms with Crippen molar-refractivity contribution < 1.29 is 9.90 Å². The van der Waals surface area contributed by atoms with E-state index in [1.54, 1.807) is 6.92 Å². The number of hydrogen-bond donors (Lipinski definition) is 2. The molecule has 2 N–H and O–H groups in total. The van der Waals surface area contributed by atoms with Crippen LogP contribution in [0, 0.1) is 0 Å². The molecule has 0 saturated carbocycles. The van der Waals surface area contributed by atoms with Crippen molar-refractivity contribution in [3.05, 3.63) is 36.0 Å². The summed E-state index contributed by atoms with van der Waals surface area (Å²) in [6.07, 6.45) is 1.95. The van der Waals surface area contributed by atoms with E-state index in [2.05, 4.69) is 4.98 Å². The van der Waals surface area contributed by atoms with Crippen LogP contribution in [0.1, 0.15) is 12.5 Å². The second-order valence-electron chi connectivity index (χ2n) is 3.65. The van der Waals surface area contributed by atoms with Gasteiger partial charge in [-0.25, -0.2) is 0 Å². The first-order valence-corrected chi connectivity index (χ1v) is 6.13. The molecule has 4 heteroatoms. The largest absolute Gasteiger partial charge is 0.480 e. The number of carbonyl (C=O) groups is 1. The van der Waals surface area contributed by atoms with Crippen LogP contribution in [0.25, 0.3) is 10.9 Å². The van der Waals surface area contributed by atoms with Crippen LogP contribution in [0.15, 0.2) is 30.5 Å². The maximum Gasteiger partial charge on any atom is 0.316 e. The molecule has 1 aromatic heterocycles. The summed E-state index contributed by atoms with van der Waals surface area (Å²) in [4.78, 5) is 13.9. The van der Waals surface area contributed by atoms with Crippen LogP contribution in [0.4, 0.5) is 0 Å². The van der Waals surface area contributed by atoms with Gasteiger partial charge in [-0.1, -0.05) is 18.2 Å². The van der Waals surface area contributed by atoms with Crippen LogP contribution in [0.3, 0.4) is 0 Å². The van der Waals surface area contributed by atoms with Gasteiger partial charge in [0.05, 0.1) is 5.25 Å². The van der Waals surface area contributed by atoms with Crippen molar-refractivity contribution >= 4 is 28.6 Å². The molecule has 0 amide bonds. The number of aromatic amines is 1. The van der Waals surface area contributed by atoms with Crippen LogP contribution >= 0.6 is 11.8 Å². The molecule has 0 aliphatic heterocycles. The summed E-state index contributed by atoms with van der Waals surface area (Å²) in [6.45, 7) is 1.71. The first kappa shape index (κ1) is 11.1. The Hall–Kier alpha value is -1.42. The molecule has 1 atom stereocenters. The van der Waals surface area contributed by atoms with Crippen LogP contribution in [-0.4, -0.2) is 21.3 Å². The number of thioether (sulfide) groups is 1. The van der Waals surface area contributed by atoms with Gasteiger partial charge in [-0.15, -0.1) is 11.8 Å². The van der Waals surface area contributed by atoms with Crippen LogP contribution in [0.5, 0.6) is 0 Å². The minimum absolute atomic E-state index is 0.367. The second kappa shape index (κ2) is 4.61. The van der Waals surface area contributed by atoms with Crippen molar-refractivity contribution in [1.29, 1.82) is 0 Å². The van der Waals surface area contributed by atoms with Crippen molar-refractivity contribution in [1.82, 2.24) is 4.98 Å². The molecular weight excluding hydrogens is 222 g/mol. The van der Waals surface area contributed by atoms with E-state index in [0.29, 0.717) is 0 Å². The zero-order chi connectivity index (χ0) is 11.5. The number of rotatable bonds is 4. The van der Waals surface area contributed by atoms with Crippen molar-refractivity contribution in [3.8, 4) is 0 Å². The molecular formula is C12H13NO2S. The molecule has 0 fully saturated rings. The Balaban J connectivity index is 2.13. The second-order valence-corrected chi connectivity index (χ2v) is 4.98. The molecule has 0 spiro atoms. The lowest BCUT2D eigenvalue weighted by molar-refractivity contribution is -0.136. The average molecular weight is 235 g/mol. The number of aromatic nitrogens is 1. The smallest absolute Gasteiger partial charge is 0.316 e. The Kier molecular flexibility index (Phi) is 3.19. The number of carboxylic acid groups (broad SMARTS) is 1. The minimum atomic E-state index is -0.759. The van der Waals surface area contributed by atoms with Gasteiger partial charge in [-0.2, -0.15) is 0 Å². The van der Waals surface area contributed by atoms with Crippen molar-refractivity contribution in [3.63, 3.8) is 0 Å². The average Bonchev–Trinajstić information content (AvgIpc) is 2.69. The molecule has 1 heterocycles. The Bertz CT molecular complexity index is 506. The molecule has 0 radical (unpaired) electrons. The first-order chi connectivity index (χ1) is 7.68. The number of carboxylic acids is 1. The van der Waals surface area contributed by atoms with Gasteiger partial charge >= 0.3 is 5.97 Å². The number of nitrogens with one attached hydrogen (secondary N) is 1. The van der Waals surface area contributed by atoms with Gasteiger partial charge in [0.15, 0.2) is 0 Å². The van der Waals surface area contributed by atoms with E-state index in [4.69, 9.17) is 5.11 Å². The summed E-state index contributed by atoms with van der Waals surface area (Å²) in [6, 6.07) is 8.04. The molecule has 2 aromatic rings. The van der Waals surface area contributed by atoms with Crippen molar-refractivity contribution in [2.45, 2.75) is 17.9 Å².